The van der Waals surface area contributed by atoms with Crippen LogP contribution in [0, 0.1) is 12.8 Å². The summed E-state index contributed by atoms with van der Waals surface area (Å²) in [4.78, 5) is 16.7. The van der Waals surface area contributed by atoms with Crippen molar-refractivity contribution in [2.45, 2.75) is 33.6 Å². The first-order valence-electron chi connectivity index (χ1n) is 8.73. The van der Waals surface area contributed by atoms with Crippen LogP contribution in [0.25, 0.3) is 0 Å². The molecule has 0 radical (unpaired) electrons. The summed E-state index contributed by atoms with van der Waals surface area (Å²) in [5.74, 6) is 3.88. The lowest BCUT2D eigenvalue weighted by Gasteiger charge is -2.36. The third-order valence-electron chi connectivity index (χ3n) is 4.94. The fourth-order valence-corrected chi connectivity index (χ4v) is 3.55. The van der Waals surface area contributed by atoms with Gasteiger partial charge in [-0.25, -0.2) is 9.97 Å². The zero-order valence-electron chi connectivity index (χ0n) is 14.3. The maximum atomic E-state index is 4.70. The second kappa shape index (κ2) is 6.82. The van der Waals surface area contributed by atoms with Crippen molar-refractivity contribution in [1.29, 1.82) is 0 Å². The minimum atomic E-state index is 0.764. The second-order valence-electron chi connectivity index (χ2n) is 6.75. The van der Waals surface area contributed by atoms with E-state index >= 15 is 0 Å². The number of hydrogen-bond donors (Lipinski definition) is 0. The molecule has 1 aromatic rings. The Labute approximate surface area is 134 Å². The van der Waals surface area contributed by atoms with Gasteiger partial charge in [0.1, 0.15) is 17.5 Å². The Balaban J connectivity index is 1.75. The number of piperidine rings is 1. The highest BCUT2D eigenvalue weighted by Crippen LogP contribution is 2.25. The maximum Gasteiger partial charge on any atom is 0.134 e. The number of hydrogen-bond acceptors (Lipinski definition) is 5. The summed E-state index contributed by atoms with van der Waals surface area (Å²) < 4.78 is 0. The van der Waals surface area contributed by atoms with Gasteiger partial charge in [-0.15, -0.1) is 0 Å². The van der Waals surface area contributed by atoms with Gasteiger partial charge in [-0.1, -0.05) is 13.8 Å². The van der Waals surface area contributed by atoms with E-state index < -0.39 is 0 Å². The van der Waals surface area contributed by atoms with Crippen molar-refractivity contribution < 1.29 is 0 Å². The number of rotatable bonds is 3. The van der Waals surface area contributed by atoms with Gasteiger partial charge in [0.15, 0.2) is 0 Å². The highest BCUT2D eigenvalue weighted by molar-refractivity contribution is 5.51. The number of nitrogens with zero attached hydrogens (tertiary/aromatic N) is 5. The molecule has 0 bridgehead atoms. The summed E-state index contributed by atoms with van der Waals surface area (Å²) >= 11 is 0. The van der Waals surface area contributed by atoms with Crippen molar-refractivity contribution in [3.05, 3.63) is 11.9 Å². The molecule has 3 rings (SSSR count). The molecule has 2 fully saturated rings. The molecule has 5 nitrogen and oxygen atoms in total. The summed E-state index contributed by atoms with van der Waals surface area (Å²) in [6.45, 7) is 14.4. The van der Waals surface area contributed by atoms with E-state index in [0.29, 0.717) is 0 Å². The van der Waals surface area contributed by atoms with Crippen LogP contribution in [0.4, 0.5) is 11.6 Å². The molecule has 0 spiro atoms. The molecule has 3 heterocycles. The molecular formula is C17H29N5. The van der Waals surface area contributed by atoms with Crippen LogP contribution in [0.3, 0.4) is 0 Å². The Hall–Kier alpha value is -1.36. The monoisotopic (exact) mass is 303 g/mol. The van der Waals surface area contributed by atoms with E-state index in [1.54, 1.807) is 0 Å². The number of aryl methyl sites for hydroxylation is 1. The Bertz CT molecular complexity index is 496. The zero-order chi connectivity index (χ0) is 15.5. The van der Waals surface area contributed by atoms with Gasteiger partial charge in [-0.05, 0) is 32.2 Å². The molecule has 1 aromatic heterocycles. The molecule has 2 saturated heterocycles. The molecule has 5 heteroatoms. The molecule has 2 aliphatic heterocycles. The van der Waals surface area contributed by atoms with Crippen molar-refractivity contribution in [2.75, 3.05) is 55.6 Å². The van der Waals surface area contributed by atoms with Crippen molar-refractivity contribution in [3.63, 3.8) is 0 Å². The molecule has 0 amide bonds. The van der Waals surface area contributed by atoms with E-state index in [-0.39, 0.29) is 0 Å². The molecule has 22 heavy (non-hydrogen) atoms. The standard InChI is InChI=1S/C17H29N5/c1-4-20-8-10-21(11-9-20)16-12-17(19-15(3)18-16)22-7-5-6-14(2)13-22/h12,14H,4-11,13H2,1-3H3. The van der Waals surface area contributed by atoms with E-state index in [1.165, 1.54) is 12.8 Å². The third-order valence-corrected chi connectivity index (χ3v) is 4.94. The van der Waals surface area contributed by atoms with Crippen LogP contribution in [0.15, 0.2) is 6.07 Å². The minimum Gasteiger partial charge on any atom is -0.356 e. The first-order chi connectivity index (χ1) is 10.7. The molecule has 1 unspecified atom stereocenters. The Morgan fingerprint density at radius 1 is 1.05 bits per heavy atom. The first kappa shape index (κ1) is 15.5. The SMILES string of the molecule is CCN1CCN(c2cc(N3CCCC(C)C3)nc(C)n2)CC1. The summed E-state index contributed by atoms with van der Waals surface area (Å²) in [6.07, 6.45) is 2.61. The first-order valence-corrected chi connectivity index (χ1v) is 8.73. The molecule has 0 N–H and O–H groups in total. The summed E-state index contributed by atoms with van der Waals surface area (Å²) in [6, 6.07) is 2.20. The van der Waals surface area contributed by atoms with Crippen molar-refractivity contribution in [3.8, 4) is 0 Å². The number of aromatic nitrogens is 2. The van der Waals surface area contributed by atoms with Crippen molar-refractivity contribution in [2.24, 2.45) is 5.92 Å². The fraction of sp³-hybridized carbons (Fsp3) is 0.765. The van der Waals surface area contributed by atoms with Crippen molar-refractivity contribution >= 4 is 11.6 Å². The van der Waals surface area contributed by atoms with Crippen LogP contribution < -0.4 is 9.80 Å². The molecule has 0 aliphatic carbocycles. The van der Waals surface area contributed by atoms with E-state index in [1.807, 2.05) is 6.92 Å². The Morgan fingerprint density at radius 3 is 2.36 bits per heavy atom. The molecular weight excluding hydrogens is 274 g/mol. The lowest BCUT2D eigenvalue weighted by atomic mass is 10.0. The molecule has 2 aliphatic rings. The van der Waals surface area contributed by atoms with E-state index in [2.05, 4.69) is 34.6 Å². The maximum absolute atomic E-state index is 4.70. The predicted molar refractivity (Wildman–Crippen MR) is 91.7 cm³/mol. The van der Waals surface area contributed by atoms with Gasteiger partial charge >= 0.3 is 0 Å². The van der Waals surface area contributed by atoms with Crippen molar-refractivity contribution in [1.82, 2.24) is 14.9 Å². The average molecular weight is 303 g/mol. The molecule has 122 valence electrons. The summed E-state index contributed by atoms with van der Waals surface area (Å²) in [5, 5.41) is 0. The molecule has 0 saturated carbocycles. The summed E-state index contributed by atoms with van der Waals surface area (Å²) in [7, 11) is 0. The minimum absolute atomic E-state index is 0.764. The topological polar surface area (TPSA) is 35.5 Å². The number of piperazine rings is 1. The number of anilines is 2. The van der Waals surface area contributed by atoms with E-state index in [4.69, 9.17) is 9.97 Å². The van der Waals surface area contributed by atoms with Gasteiger partial charge in [0, 0.05) is 45.3 Å². The lowest BCUT2D eigenvalue weighted by molar-refractivity contribution is 0.270. The number of likely N-dealkylation sites (N-methyl/N-ethyl adjacent to an activating group) is 1. The van der Waals surface area contributed by atoms with Gasteiger partial charge in [0.05, 0.1) is 0 Å². The summed E-state index contributed by atoms with van der Waals surface area (Å²) in [5.41, 5.74) is 0. The van der Waals surface area contributed by atoms with Gasteiger partial charge in [-0.2, -0.15) is 0 Å². The zero-order valence-corrected chi connectivity index (χ0v) is 14.3. The van der Waals surface area contributed by atoms with Crippen LogP contribution in [0.2, 0.25) is 0 Å². The lowest BCUT2D eigenvalue weighted by Crippen LogP contribution is -2.46. The largest absolute Gasteiger partial charge is 0.356 e. The van der Waals surface area contributed by atoms with Crippen LogP contribution in [-0.2, 0) is 0 Å². The van der Waals surface area contributed by atoms with Gasteiger partial charge < -0.3 is 14.7 Å². The highest BCUT2D eigenvalue weighted by Gasteiger charge is 2.21. The Morgan fingerprint density at radius 2 is 1.73 bits per heavy atom. The molecule has 1 atom stereocenters. The highest BCUT2D eigenvalue weighted by atomic mass is 15.3. The average Bonchev–Trinajstić information content (AvgIpc) is 2.54. The Kier molecular flexibility index (Phi) is 4.81. The van der Waals surface area contributed by atoms with E-state index in [0.717, 1.165) is 69.2 Å². The van der Waals surface area contributed by atoms with Crippen LogP contribution in [0.5, 0.6) is 0 Å². The van der Waals surface area contributed by atoms with Gasteiger partial charge in [0.25, 0.3) is 0 Å². The van der Waals surface area contributed by atoms with Gasteiger partial charge in [0.2, 0.25) is 0 Å². The van der Waals surface area contributed by atoms with Crippen LogP contribution >= 0.6 is 0 Å². The van der Waals surface area contributed by atoms with Gasteiger partial charge in [-0.3, -0.25) is 0 Å². The quantitative estimate of drug-likeness (QED) is 0.855. The van der Waals surface area contributed by atoms with Crippen LogP contribution in [0.1, 0.15) is 32.5 Å². The molecule has 0 aromatic carbocycles. The normalized spacial score (nSPS) is 23.9. The smallest absolute Gasteiger partial charge is 0.134 e. The predicted octanol–water partition coefficient (Wildman–Crippen LogP) is 2.16. The van der Waals surface area contributed by atoms with Crippen LogP contribution in [-0.4, -0.2) is 60.7 Å². The fourth-order valence-electron chi connectivity index (χ4n) is 3.55. The third kappa shape index (κ3) is 3.51. The second-order valence-corrected chi connectivity index (χ2v) is 6.75. The van der Waals surface area contributed by atoms with E-state index in [9.17, 15) is 0 Å².